The van der Waals surface area contributed by atoms with Gasteiger partial charge in [0.1, 0.15) is 0 Å². The van der Waals surface area contributed by atoms with Crippen molar-refractivity contribution in [2.75, 3.05) is 31.6 Å². The molecule has 0 radical (unpaired) electrons. The third kappa shape index (κ3) is 3.14. The van der Waals surface area contributed by atoms with Crippen molar-refractivity contribution in [3.63, 3.8) is 0 Å². The first-order chi connectivity index (χ1) is 10.2. The van der Waals surface area contributed by atoms with Gasteiger partial charge in [0.05, 0.1) is 18.9 Å². The molecule has 9 heteroatoms. The number of carbonyl (C=O) groups excluding carboxylic acids is 1. The summed E-state index contributed by atoms with van der Waals surface area (Å²) in [6.07, 6.45) is 0. The third-order valence-corrected chi connectivity index (χ3v) is 3.37. The van der Waals surface area contributed by atoms with Crippen LogP contribution in [0.4, 0.5) is 10.5 Å². The lowest BCUT2D eigenvalue weighted by Crippen LogP contribution is -2.43. The van der Waals surface area contributed by atoms with E-state index in [1.165, 1.54) is 4.68 Å². The molecule has 0 atom stereocenters. The molecular formula is C12H14N6O2S. The van der Waals surface area contributed by atoms with Crippen molar-refractivity contribution >= 4 is 24.3 Å². The lowest BCUT2D eigenvalue weighted by atomic mass is 10.3. The maximum atomic E-state index is 12.1. The van der Waals surface area contributed by atoms with Crippen LogP contribution in [0, 0.1) is 0 Å². The molecule has 110 valence electrons. The van der Waals surface area contributed by atoms with Crippen LogP contribution in [0.1, 0.15) is 0 Å². The fourth-order valence-electron chi connectivity index (χ4n) is 2.03. The van der Waals surface area contributed by atoms with E-state index >= 15 is 0 Å². The maximum absolute atomic E-state index is 12.1. The molecule has 1 fully saturated rings. The van der Waals surface area contributed by atoms with E-state index in [1.54, 1.807) is 11.0 Å². The second kappa shape index (κ2) is 6.10. The normalized spacial score (nSPS) is 15.0. The quantitative estimate of drug-likeness (QED) is 0.802. The van der Waals surface area contributed by atoms with E-state index < -0.39 is 0 Å². The van der Waals surface area contributed by atoms with Crippen LogP contribution in [0.2, 0.25) is 0 Å². The van der Waals surface area contributed by atoms with Gasteiger partial charge in [-0.1, -0.05) is 6.07 Å². The number of amides is 2. The highest BCUT2D eigenvalue weighted by molar-refractivity contribution is 7.80. The molecule has 2 heterocycles. The number of anilines is 1. The summed E-state index contributed by atoms with van der Waals surface area (Å²) in [5.74, 6) is 0. The fourth-order valence-corrected chi connectivity index (χ4v) is 2.23. The molecular weight excluding hydrogens is 292 g/mol. The number of hydrogen-bond acceptors (Lipinski definition) is 6. The van der Waals surface area contributed by atoms with Gasteiger partial charge >= 0.3 is 6.03 Å². The molecule has 0 bridgehead atoms. The molecule has 1 N–H and O–H groups in total. The number of benzene rings is 1. The number of nitrogens with one attached hydrogen (secondary N) is 1. The average Bonchev–Trinajstić information content (AvgIpc) is 2.94. The van der Waals surface area contributed by atoms with Gasteiger partial charge in [0.2, 0.25) is 5.16 Å². The van der Waals surface area contributed by atoms with E-state index in [1.807, 2.05) is 18.2 Å². The van der Waals surface area contributed by atoms with E-state index in [2.05, 4.69) is 33.5 Å². The zero-order valence-electron chi connectivity index (χ0n) is 11.1. The minimum atomic E-state index is -0.140. The van der Waals surface area contributed by atoms with Crippen molar-refractivity contribution < 1.29 is 9.53 Å². The molecule has 2 aromatic rings. The number of tetrazole rings is 1. The Bertz CT molecular complexity index is 640. The number of rotatable bonds is 2. The van der Waals surface area contributed by atoms with Crippen LogP contribution in [0.15, 0.2) is 29.4 Å². The van der Waals surface area contributed by atoms with Gasteiger partial charge in [0.25, 0.3) is 0 Å². The molecule has 1 aliphatic rings. The summed E-state index contributed by atoms with van der Waals surface area (Å²) in [6.45, 7) is 2.33. The molecule has 0 spiro atoms. The molecule has 1 aromatic carbocycles. The first kappa shape index (κ1) is 13.8. The van der Waals surface area contributed by atoms with Gasteiger partial charge in [0, 0.05) is 18.8 Å². The number of urea groups is 1. The first-order valence-electron chi connectivity index (χ1n) is 6.45. The Kier molecular flexibility index (Phi) is 4.02. The summed E-state index contributed by atoms with van der Waals surface area (Å²) in [7, 11) is 0. The Morgan fingerprint density at radius 2 is 2.14 bits per heavy atom. The van der Waals surface area contributed by atoms with Crippen LogP contribution in [0.3, 0.4) is 0 Å². The van der Waals surface area contributed by atoms with Gasteiger partial charge in [-0.05, 0) is 28.6 Å². The highest BCUT2D eigenvalue weighted by Crippen LogP contribution is 2.16. The van der Waals surface area contributed by atoms with Gasteiger partial charge in [-0.15, -0.1) is 17.7 Å². The predicted octanol–water partition coefficient (Wildman–Crippen LogP) is 0.815. The number of thiol groups is 1. The largest absolute Gasteiger partial charge is 0.378 e. The van der Waals surface area contributed by atoms with Gasteiger partial charge in [-0.25, -0.2) is 4.79 Å². The average molecular weight is 306 g/mol. The molecule has 1 aromatic heterocycles. The number of hydrogen-bond donors (Lipinski definition) is 2. The smallest absolute Gasteiger partial charge is 0.322 e. The number of aromatic nitrogens is 4. The predicted molar refractivity (Wildman–Crippen MR) is 77.8 cm³/mol. The van der Waals surface area contributed by atoms with Crippen molar-refractivity contribution in [1.82, 2.24) is 25.1 Å². The summed E-state index contributed by atoms with van der Waals surface area (Å²) in [4.78, 5) is 13.8. The molecule has 0 saturated carbocycles. The highest BCUT2D eigenvalue weighted by Gasteiger charge is 2.17. The second-order valence-electron chi connectivity index (χ2n) is 4.47. The SMILES string of the molecule is O=C(Nc1cccc(-n2nnnc2S)c1)N1CCOCC1. The van der Waals surface area contributed by atoms with Crippen LogP contribution >= 0.6 is 12.6 Å². The number of carbonyl (C=O) groups is 1. The molecule has 0 aliphatic carbocycles. The van der Waals surface area contributed by atoms with Crippen LogP contribution < -0.4 is 5.32 Å². The van der Waals surface area contributed by atoms with Crippen molar-refractivity contribution in [1.29, 1.82) is 0 Å². The van der Waals surface area contributed by atoms with Crippen LogP contribution in [-0.4, -0.2) is 57.4 Å². The topological polar surface area (TPSA) is 85.2 Å². The zero-order valence-corrected chi connectivity index (χ0v) is 12.0. The Labute approximate surface area is 126 Å². The number of ether oxygens (including phenoxy) is 1. The molecule has 1 aliphatic heterocycles. The van der Waals surface area contributed by atoms with E-state index in [0.29, 0.717) is 37.1 Å². The number of nitrogens with zero attached hydrogens (tertiary/aromatic N) is 5. The Hall–Kier alpha value is -2.13. The van der Waals surface area contributed by atoms with E-state index in [-0.39, 0.29) is 6.03 Å². The Balaban J connectivity index is 1.74. The number of morpholine rings is 1. The third-order valence-electron chi connectivity index (χ3n) is 3.09. The van der Waals surface area contributed by atoms with Crippen LogP contribution in [0.25, 0.3) is 5.69 Å². The summed E-state index contributed by atoms with van der Waals surface area (Å²) >= 11 is 4.16. The summed E-state index contributed by atoms with van der Waals surface area (Å²) in [5, 5.41) is 14.3. The van der Waals surface area contributed by atoms with Crippen molar-refractivity contribution in [2.45, 2.75) is 5.16 Å². The van der Waals surface area contributed by atoms with Crippen molar-refractivity contribution in [3.8, 4) is 5.69 Å². The summed E-state index contributed by atoms with van der Waals surface area (Å²) in [5.41, 5.74) is 1.40. The zero-order chi connectivity index (χ0) is 14.7. The lowest BCUT2D eigenvalue weighted by molar-refractivity contribution is 0.0564. The molecule has 3 rings (SSSR count). The molecule has 8 nitrogen and oxygen atoms in total. The van der Waals surface area contributed by atoms with Gasteiger partial charge < -0.3 is 15.0 Å². The van der Waals surface area contributed by atoms with Crippen LogP contribution in [-0.2, 0) is 4.74 Å². The maximum Gasteiger partial charge on any atom is 0.322 e. The summed E-state index contributed by atoms with van der Waals surface area (Å²) in [6, 6.07) is 7.11. The standard InChI is InChI=1S/C12H14N6O2S/c19-11(17-4-6-20-7-5-17)13-9-2-1-3-10(8-9)18-12(21)14-15-16-18/h1-3,8H,4-7H2,(H,13,19)(H,14,16,21). The monoisotopic (exact) mass is 306 g/mol. The lowest BCUT2D eigenvalue weighted by Gasteiger charge is -2.26. The molecule has 2 amide bonds. The van der Waals surface area contributed by atoms with Gasteiger partial charge in [-0.3, -0.25) is 0 Å². The Morgan fingerprint density at radius 3 is 2.86 bits per heavy atom. The van der Waals surface area contributed by atoms with E-state index in [4.69, 9.17) is 4.74 Å². The van der Waals surface area contributed by atoms with E-state index in [9.17, 15) is 4.79 Å². The van der Waals surface area contributed by atoms with Gasteiger partial charge in [-0.2, -0.15) is 4.68 Å². The molecule has 0 unspecified atom stereocenters. The van der Waals surface area contributed by atoms with Crippen LogP contribution in [0.5, 0.6) is 0 Å². The highest BCUT2D eigenvalue weighted by atomic mass is 32.1. The summed E-state index contributed by atoms with van der Waals surface area (Å²) < 4.78 is 6.71. The molecule has 21 heavy (non-hydrogen) atoms. The minimum absolute atomic E-state index is 0.140. The molecule has 1 saturated heterocycles. The second-order valence-corrected chi connectivity index (χ2v) is 4.87. The Morgan fingerprint density at radius 1 is 1.33 bits per heavy atom. The fraction of sp³-hybridized carbons (Fsp3) is 0.333. The van der Waals surface area contributed by atoms with Crippen molar-refractivity contribution in [3.05, 3.63) is 24.3 Å². The van der Waals surface area contributed by atoms with E-state index in [0.717, 1.165) is 5.69 Å². The van der Waals surface area contributed by atoms with Gasteiger partial charge in [0.15, 0.2) is 0 Å². The van der Waals surface area contributed by atoms with Crippen molar-refractivity contribution in [2.24, 2.45) is 0 Å². The minimum Gasteiger partial charge on any atom is -0.378 e. The first-order valence-corrected chi connectivity index (χ1v) is 6.90.